The summed E-state index contributed by atoms with van der Waals surface area (Å²) in [6.45, 7) is 4.28. The van der Waals surface area contributed by atoms with Gasteiger partial charge < -0.3 is 10.3 Å². The lowest BCUT2D eigenvalue weighted by Gasteiger charge is -2.14. The quantitative estimate of drug-likeness (QED) is 0.469. The Labute approximate surface area is 142 Å². The minimum Gasteiger partial charge on any atom is -0.398 e. The number of halogens is 2. The lowest BCUT2D eigenvalue weighted by atomic mass is 10.1. The smallest absolute Gasteiger partial charge is 0.143 e. The van der Waals surface area contributed by atoms with Gasteiger partial charge in [0.1, 0.15) is 5.82 Å². The molecule has 0 radical (unpaired) electrons. The van der Waals surface area contributed by atoms with Crippen molar-refractivity contribution in [2.24, 2.45) is 0 Å². The number of aromatic nitrogens is 2. The molecule has 0 bridgehead atoms. The van der Waals surface area contributed by atoms with Crippen molar-refractivity contribution in [1.29, 1.82) is 0 Å². The molecule has 2 aromatic carbocycles. The second-order valence-corrected chi connectivity index (χ2v) is 6.95. The van der Waals surface area contributed by atoms with Gasteiger partial charge in [0.15, 0.2) is 0 Å². The Bertz CT molecular complexity index is 824. The molecule has 5 heteroatoms. The normalized spacial score (nSPS) is 11.5. The third-order valence-electron chi connectivity index (χ3n) is 3.42. The number of benzene rings is 2. The van der Waals surface area contributed by atoms with E-state index in [1.165, 1.54) is 0 Å². The molecule has 0 unspecified atom stereocenters. The number of hydrogen-bond acceptors (Lipinski definition) is 2. The number of fused-ring (bicyclic) bond motifs is 1. The van der Waals surface area contributed by atoms with Crippen molar-refractivity contribution in [3.8, 4) is 11.4 Å². The summed E-state index contributed by atoms with van der Waals surface area (Å²) in [4.78, 5) is 4.76. The number of nitrogens with two attached hydrogens (primary N) is 1. The van der Waals surface area contributed by atoms with Crippen LogP contribution in [0.25, 0.3) is 22.4 Å². The van der Waals surface area contributed by atoms with Gasteiger partial charge in [-0.05, 0) is 72.8 Å². The van der Waals surface area contributed by atoms with Gasteiger partial charge in [-0.3, -0.25) is 0 Å². The third kappa shape index (κ3) is 2.62. The van der Waals surface area contributed by atoms with Gasteiger partial charge in [-0.25, -0.2) is 4.98 Å². The van der Waals surface area contributed by atoms with Gasteiger partial charge in [0, 0.05) is 25.9 Å². The van der Waals surface area contributed by atoms with Crippen LogP contribution in [0, 0.1) is 3.57 Å². The van der Waals surface area contributed by atoms with Crippen LogP contribution in [0.5, 0.6) is 0 Å². The molecule has 0 saturated heterocycles. The lowest BCUT2D eigenvalue weighted by molar-refractivity contribution is 0.624. The summed E-state index contributed by atoms with van der Waals surface area (Å²) in [6, 6.07) is 12.1. The van der Waals surface area contributed by atoms with Gasteiger partial charge in [-0.2, -0.15) is 0 Å². The topological polar surface area (TPSA) is 43.8 Å². The van der Waals surface area contributed by atoms with Crippen molar-refractivity contribution in [2.75, 3.05) is 5.73 Å². The Hall–Kier alpha value is -1.27. The number of rotatable bonds is 2. The molecule has 3 rings (SSSR count). The summed E-state index contributed by atoms with van der Waals surface area (Å²) in [7, 11) is 0. The van der Waals surface area contributed by atoms with E-state index in [1.54, 1.807) is 0 Å². The molecule has 2 N–H and O–H groups in total. The molecule has 0 spiro atoms. The second-order valence-electron chi connectivity index (χ2n) is 5.26. The molecule has 0 aliphatic rings. The molecule has 108 valence electrons. The van der Waals surface area contributed by atoms with Gasteiger partial charge >= 0.3 is 0 Å². The van der Waals surface area contributed by atoms with E-state index in [9.17, 15) is 0 Å². The fraction of sp³-hybridized carbons (Fsp3) is 0.188. The van der Waals surface area contributed by atoms with E-state index >= 15 is 0 Å². The van der Waals surface area contributed by atoms with Crippen molar-refractivity contribution >= 4 is 50.9 Å². The maximum atomic E-state index is 6.16. The monoisotopic (exact) mass is 411 g/mol. The maximum Gasteiger partial charge on any atom is 0.143 e. The molecular weight excluding hydrogens is 397 g/mol. The van der Waals surface area contributed by atoms with Crippen LogP contribution >= 0.6 is 34.2 Å². The van der Waals surface area contributed by atoms with Crippen molar-refractivity contribution in [1.82, 2.24) is 9.55 Å². The van der Waals surface area contributed by atoms with E-state index in [0.717, 1.165) is 31.7 Å². The molecule has 3 nitrogen and oxygen atoms in total. The fourth-order valence-corrected chi connectivity index (χ4v) is 3.16. The largest absolute Gasteiger partial charge is 0.398 e. The molecule has 0 amide bonds. The Balaban J connectivity index is 2.36. The highest BCUT2D eigenvalue weighted by Crippen LogP contribution is 2.33. The molecule has 0 aliphatic carbocycles. The summed E-state index contributed by atoms with van der Waals surface area (Å²) in [5.41, 5.74) is 9.82. The minimum absolute atomic E-state index is 0.281. The van der Waals surface area contributed by atoms with Gasteiger partial charge in [-0.15, -0.1) is 0 Å². The summed E-state index contributed by atoms with van der Waals surface area (Å²) in [5.74, 6) is 0.887. The number of imidazole rings is 1. The van der Waals surface area contributed by atoms with Crippen LogP contribution in [0.2, 0.25) is 5.02 Å². The maximum absolute atomic E-state index is 6.16. The van der Waals surface area contributed by atoms with E-state index in [2.05, 4.69) is 47.1 Å². The lowest BCUT2D eigenvalue weighted by Crippen LogP contribution is -2.04. The van der Waals surface area contributed by atoms with Crippen molar-refractivity contribution in [2.45, 2.75) is 19.9 Å². The molecule has 21 heavy (non-hydrogen) atoms. The third-order valence-corrected chi connectivity index (χ3v) is 4.33. The highest BCUT2D eigenvalue weighted by molar-refractivity contribution is 14.1. The summed E-state index contributed by atoms with van der Waals surface area (Å²) >= 11 is 8.38. The van der Waals surface area contributed by atoms with E-state index < -0.39 is 0 Å². The zero-order valence-corrected chi connectivity index (χ0v) is 14.7. The SMILES string of the molecule is CC(C)n1c(-c2cc(I)ccc2N)nc2cc(Cl)ccc21. The molecule has 0 fully saturated rings. The van der Waals surface area contributed by atoms with Crippen molar-refractivity contribution in [3.63, 3.8) is 0 Å². The van der Waals surface area contributed by atoms with E-state index in [4.69, 9.17) is 22.3 Å². The number of nitrogens with zero attached hydrogens (tertiary/aromatic N) is 2. The van der Waals surface area contributed by atoms with E-state index in [1.807, 2.05) is 30.3 Å². The fourth-order valence-electron chi connectivity index (χ4n) is 2.51. The van der Waals surface area contributed by atoms with Crippen LogP contribution < -0.4 is 5.73 Å². The molecule has 1 aromatic heterocycles. The second kappa shape index (κ2) is 5.50. The first-order chi connectivity index (χ1) is 9.97. The van der Waals surface area contributed by atoms with Gasteiger partial charge in [0.2, 0.25) is 0 Å². The van der Waals surface area contributed by atoms with Crippen molar-refractivity contribution < 1.29 is 0 Å². The van der Waals surface area contributed by atoms with Gasteiger partial charge in [0.25, 0.3) is 0 Å². The molecular formula is C16H15ClIN3. The molecule has 0 atom stereocenters. The Kier molecular flexibility index (Phi) is 3.84. The highest BCUT2D eigenvalue weighted by Gasteiger charge is 2.17. The van der Waals surface area contributed by atoms with Crippen LogP contribution in [0.15, 0.2) is 36.4 Å². The van der Waals surface area contributed by atoms with E-state index in [0.29, 0.717) is 5.02 Å². The number of nitrogen functional groups attached to an aromatic ring is 1. The Morgan fingerprint density at radius 3 is 2.67 bits per heavy atom. The summed E-state index contributed by atoms with van der Waals surface area (Å²) in [6.07, 6.45) is 0. The highest BCUT2D eigenvalue weighted by atomic mass is 127. The van der Waals surface area contributed by atoms with Crippen molar-refractivity contribution in [3.05, 3.63) is 45.0 Å². The predicted molar refractivity (Wildman–Crippen MR) is 97.7 cm³/mol. The first-order valence-electron chi connectivity index (χ1n) is 6.70. The van der Waals surface area contributed by atoms with Gasteiger partial charge in [0.05, 0.1) is 11.0 Å². The zero-order valence-electron chi connectivity index (χ0n) is 11.8. The zero-order chi connectivity index (χ0) is 15.1. The van der Waals surface area contributed by atoms with Crippen LogP contribution in [-0.2, 0) is 0 Å². The first-order valence-corrected chi connectivity index (χ1v) is 8.16. The Morgan fingerprint density at radius 1 is 1.19 bits per heavy atom. The Morgan fingerprint density at radius 2 is 1.95 bits per heavy atom. The molecule has 3 aromatic rings. The average molecular weight is 412 g/mol. The minimum atomic E-state index is 0.281. The molecule has 1 heterocycles. The number of hydrogen-bond donors (Lipinski definition) is 1. The van der Waals surface area contributed by atoms with Crippen LogP contribution in [0.3, 0.4) is 0 Å². The van der Waals surface area contributed by atoms with Crippen LogP contribution in [0.1, 0.15) is 19.9 Å². The predicted octanol–water partition coefficient (Wildman–Crippen LogP) is 5.12. The summed E-state index contributed by atoms with van der Waals surface area (Å²) in [5, 5.41) is 0.693. The summed E-state index contributed by atoms with van der Waals surface area (Å²) < 4.78 is 3.34. The van der Waals surface area contributed by atoms with E-state index in [-0.39, 0.29) is 6.04 Å². The van der Waals surface area contributed by atoms with Crippen LogP contribution in [0.4, 0.5) is 5.69 Å². The first kappa shape index (κ1) is 14.7. The molecule has 0 saturated carbocycles. The number of anilines is 1. The van der Waals surface area contributed by atoms with Crippen LogP contribution in [-0.4, -0.2) is 9.55 Å². The standard InChI is InChI=1S/C16H15ClIN3/c1-9(2)21-15-6-3-10(17)7-14(15)20-16(21)12-8-11(18)4-5-13(12)19/h3-9H,19H2,1-2H3. The van der Waals surface area contributed by atoms with Gasteiger partial charge in [-0.1, -0.05) is 11.6 Å². The average Bonchev–Trinajstić information content (AvgIpc) is 2.79. The molecule has 0 aliphatic heterocycles.